The zero-order valence-electron chi connectivity index (χ0n) is 16.9. The summed E-state index contributed by atoms with van der Waals surface area (Å²) in [6.45, 7) is 1.52. The molecule has 0 fully saturated rings. The van der Waals surface area contributed by atoms with Crippen LogP contribution in [-0.4, -0.2) is 21.2 Å². The van der Waals surface area contributed by atoms with Crippen LogP contribution in [0.3, 0.4) is 0 Å². The maximum atomic E-state index is 13.4. The Hall–Kier alpha value is -3.84. The van der Waals surface area contributed by atoms with E-state index in [1.165, 1.54) is 35.0 Å². The number of halogens is 2. The Balaban J connectivity index is 1.77. The second kappa shape index (κ2) is 8.72. The van der Waals surface area contributed by atoms with Crippen LogP contribution in [0.25, 0.3) is 11.0 Å². The first-order valence-electron chi connectivity index (χ1n) is 9.68. The van der Waals surface area contributed by atoms with Gasteiger partial charge in [0, 0.05) is 28.2 Å². The molecule has 0 aliphatic rings. The summed E-state index contributed by atoms with van der Waals surface area (Å²) >= 11 is 5.99. The van der Waals surface area contributed by atoms with Gasteiger partial charge in [-0.3, -0.25) is 14.4 Å². The molecule has 4 rings (SSSR count). The summed E-state index contributed by atoms with van der Waals surface area (Å²) in [5.74, 6) is -1.47. The van der Waals surface area contributed by atoms with E-state index in [1.54, 1.807) is 43.3 Å². The maximum absolute atomic E-state index is 13.4. The van der Waals surface area contributed by atoms with Crippen LogP contribution in [-0.2, 0) is 11.3 Å². The molecule has 0 radical (unpaired) electrons. The van der Waals surface area contributed by atoms with E-state index in [0.717, 1.165) is 0 Å². The molecule has 2 heterocycles. The first-order chi connectivity index (χ1) is 15.3. The number of anilines is 1. The van der Waals surface area contributed by atoms with Crippen molar-refractivity contribution in [3.8, 4) is 0 Å². The molecule has 0 aliphatic heterocycles. The summed E-state index contributed by atoms with van der Waals surface area (Å²) < 4.78 is 14.9. The van der Waals surface area contributed by atoms with E-state index in [4.69, 9.17) is 11.6 Å². The number of carbonyl (C=O) groups is 2. The Labute approximate surface area is 187 Å². The zero-order valence-corrected chi connectivity index (χ0v) is 17.7. The van der Waals surface area contributed by atoms with Crippen molar-refractivity contribution in [3.05, 3.63) is 105 Å². The number of nitrogens with zero attached hydrogens (tertiary/aromatic N) is 2. The molecule has 4 aromatic rings. The fourth-order valence-electron chi connectivity index (χ4n) is 3.35. The van der Waals surface area contributed by atoms with Crippen LogP contribution >= 0.6 is 11.6 Å². The Bertz CT molecular complexity index is 1430. The third-order valence-corrected chi connectivity index (χ3v) is 5.05. The molecular formula is C24H17ClFN3O3. The molecule has 1 amide bonds. The molecule has 0 aliphatic carbocycles. The van der Waals surface area contributed by atoms with E-state index in [9.17, 15) is 18.8 Å². The largest absolute Gasteiger partial charge is 0.324 e. The Morgan fingerprint density at radius 3 is 2.62 bits per heavy atom. The van der Waals surface area contributed by atoms with Crippen LogP contribution in [0.15, 0.2) is 71.7 Å². The lowest BCUT2D eigenvalue weighted by molar-refractivity contribution is -0.116. The van der Waals surface area contributed by atoms with Crippen molar-refractivity contribution in [2.45, 2.75) is 13.5 Å². The van der Waals surface area contributed by atoms with Crippen molar-refractivity contribution in [1.82, 2.24) is 9.55 Å². The van der Waals surface area contributed by atoms with Gasteiger partial charge in [-0.05, 0) is 49.4 Å². The molecular weight excluding hydrogens is 433 g/mol. The smallest absolute Gasteiger partial charge is 0.244 e. The monoisotopic (exact) mass is 449 g/mol. The number of hydrogen-bond donors (Lipinski definition) is 1. The van der Waals surface area contributed by atoms with E-state index < -0.39 is 22.9 Å². The highest BCUT2D eigenvalue weighted by molar-refractivity contribution is 6.31. The van der Waals surface area contributed by atoms with Crippen LogP contribution in [0.4, 0.5) is 10.1 Å². The summed E-state index contributed by atoms with van der Waals surface area (Å²) in [6, 6.07) is 15.0. The molecule has 6 nitrogen and oxygen atoms in total. The Morgan fingerprint density at radius 2 is 1.88 bits per heavy atom. The number of nitrogens with one attached hydrogen (secondary N) is 1. The number of hydrogen-bond acceptors (Lipinski definition) is 4. The molecule has 0 spiro atoms. The molecule has 0 saturated carbocycles. The molecule has 0 unspecified atom stereocenters. The highest BCUT2D eigenvalue weighted by atomic mass is 35.5. The first kappa shape index (κ1) is 21.4. The van der Waals surface area contributed by atoms with Gasteiger partial charge in [0.25, 0.3) is 0 Å². The molecule has 160 valence electrons. The van der Waals surface area contributed by atoms with Gasteiger partial charge in [-0.1, -0.05) is 29.8 Å². The van der Waals surface area contributed by atoms with E-state index in [0.29, 0.717) is 16.4 Å². The molecule has 8 heteroatoms. The highest BCUT2D eigenvalue weighted by Crippen LogP contribution is 2.17. The van der Waals surface area contributed by atoms with Crippen molar-refractivity contribution in [1.29, 1.82) is 0 Å². The second-order valence-corrected chi connectivity index (χ2v) is 7.66. The average Bonchev–Trinajstić information content (AvgIpc) is 2.75. The van der Waals surface area contributed by atoms with Gasteiger partial charge in [-0.15, -0.1) is 0 Å². The molecule has 2 aromatic heterocycles. The predicted molar refractivity (Wildman–Crippen MR) is 121 cm³/mol. The van der Waals surface area contributed by atoms with Gasteiger partial charge < -0.3 is 9.88 Å². The molecule has 0 bridgehead atoms. The number of aryl methyl sites for hydroxylation is 1. The number of rotatable bonds is 5. The summed E-state index contributed by atoms with van der Waals surface area (Å²) in [5.41, 5.74) is 0.866. The van der Waals surface area contributed by atoms with Crippen molar-refractivity contribution in [3.63, 3.8) is 0 Å². The van der Waals surface area contributed by atoms with Gasteiger partial charge in [0.2, 0.25) is 11.3 Å². The lowest BCUT2D eigenvalue weighted by atomic mass is 10.0. The fourth-order valence-corrected chi connectivity index (χ4v) is 3.54. The average molecular weight is 450 g/mol. The molecule has 1 N–H and O–H groups in total. The zero-order chi connectivity index (χ0) is 22.8. The van der Waals surface area contributed by atoms with E-state index >= 15 is 0 Å². The van der Waals surface area contributed by atoms with Crippen LogP contribution < -0.4 is 10.7 Å². The van der Waals surface area contributed by atoms with Gasteiger partial charge in [0.05, 0.1) is 10.9 Å². The quantitative estimate of drug-likeness (QED) is 0.459. The van der Waals surface area contributed by atoms with E-state index in [2.05, 4.69) is 10.3 Å². The van der Waals surface area contributed by atoms with Gasteiger partial charge in [-0.25, -0.2) is 9.37 Å². The van der Waals surface area contributed by atoms with Crippen molar-refractivity contribution in [2.24, 2.45) is 0 Å². The van der Waals surface area contributed by atoms with Gasteiger partial charge in [0.1, 0.15) is 18.0 Å². The minimum absolute atomic E-state index is 0.107. The maximum Gasteiger partial charge on any atom is 0.244 e. The topological polar surface area (TPSA) is 81.1 Å². The highest BCUT2D eigenvalue weighted by Gasteiger charge is 2.19. The number of carbonyl (C=O) groups excluding carboxylic acids is 2. The molecule has 0 atom stereocenters. The second-order valence-electron chi connectivity index (χ2n) is 7.22. The Kier molecular flexibility index (Phi) is 5.83. The van der Waals surface area contributed by atoms with Gasteiger partial charge >= 0.3 is 0 Å². The van der Waals surface area contributed by atoms with Crippen molar-refractivity contribution >= 4 is 40.0 Å². The summed E-state index contributed by atoms with van der Waals surface area (Å²) in [6.07, 6.45) is 1.32. The normalized spacial score (nSPS) is 10.8. The minimum atomic E-state index is -0.515. The third kappa shape index (κ3) is 4.43. The number of amides is 1. The minimum Gasteiger partial charge on any atom is -0.324 e. The number of benzene rings is 2. The van der Waals surface area contributed by atoms with E-state index in [-0.39, 0.29) is 28.7 Å². The lowest BCUT2D eigenvalue weighted by Crippen LogP contribution is -2.25. The number of ketones is 1. The predicted octanol–water partition coefficient (Wildman–Crippen LogP) is 4.37. The van der Waals surface area contributed by atoms with Crippen molar-refractivity contribution in [2.75, 3.05) is 5.32 Å². The summed E-state index contributed by atoms with van der Waals surface area (Å²) in [5, 5.41) is 3.18. The van der Waals surface area contributed by atoms with Crippen LogP contribution in [0.5, 0.6) is 0 Å². The number of fused-ring (bicyclic) bond motifs is 1. The molecule has 2 aromatic carbocycles. The van der Waals surface area contributed by atoms with Crippen molar-refractivity contribution < 1.29 is 14.0 Å². The summed E-state index contributed by atoms with van der Waals surface area (Å²) in [7, 11) is 0. The van der Waals surface area contributed by atoms with Crippen LogP contribution in [0.2, 0.25) is 5.02 Å². The summed E-state index contributed by atoms with van der Waals surface area (Å²) in [4.78, 5) is 43.1. The molecule has 32 heavy (non-hydrogen) atoms. The van der Waals surface area contributed by atoms with Gasteiger partial charge in [-0.2, -0.15) is 0 Å². The standard InChI is InChI=1S/C24H17ClFN3O3/c1-14-8-9-19-23(32)20(22(31)15-4-2-5-16(25)10-15)12-29(24(19)27-14)13-21(30)28-18-7-3-6-17(26)11-18/h2-12H,13H2,1H3,(H,28,30). The van der Waals surface area contributed by atoms with Gasteiger partial charge in [0.15, 0.2) is 5.78 Å². The van der Waals surface area contributed by atoms with E-state index in [1.807, 2.05) is 0 Å². The number of pyridine rings is 2. The fraction of sp³-hybridized carbons (Fsp3) is 0.0833. The van der Waals surface area contributed by atoms with Crippen LogP contribution in [0, 0.1) is 12.7 Å². The van der Waals surface area contributed by atoms with Crippen LogP contribution in [0.1, 0.15) is 21.6 Å². The SMILES string of the molecule is Cc1ccc2c(=O)c(C(=O)c3cccc(Cl)c3)cn(CC(=O)Nc3cccc(F)c3)c2n1. The first-order valence-corrected chi connectivity index (χ1v) is 10.1. The third-order valence-electron chi connectivity index (χ3n) is 4.81. The molecule has 0 saturated heterocycles. The Morgan fingerprint density at radius 1 is 1.09 bits per heavy atom. The lowest BCUT2D eigenvalue weighted by Gasteiger charge is -2.13. The number of aromatic nitrogens is 2.